The predicted octanol–water partition coefficient (Wildman–Crippen LogP) is 3.62. The maximum Gasteiger partial charge on any atom is 0.221 e. The summed E-state index contributed by atoms with van der Waals surface area (Å²) in [7, 11) is 0. The number of nitriles is 1. The van der Waals surface area contributed by atoms with E-state index in [4.69, 9.17) is 10.5 Å². The lowest BCUT2D eigenvalue weighted by Gasteiger charge is -2.09. The van der Waals surface area contributed by atoms with Crippen LogP contribution in [-0.2, 0) is 0 Å². The summed E-state index contributed by atoms with van der Waals surface area (Å²) in [6.07, 6.45) is 0. The van der Waals surface area contributed by atoms with Crippen LogP contribution in [0.1, 0.15) is 5.56 Å². The molecule has 3 rings (SSSR count). The van der Waals surface area contributed by atoms with Crippen LogP contribution in [-0.4, -0.2) is 4.98 Å². The summed E-state index contributed by atoms with van der Waals surface area (Å²) in [6, 6.07) is 15.0. The van der Waals surface area contributed by atoms with Crippen LogP contribution in [0.4, 0.5) is 10.1 Å². The van der Waals surface area contributed by atoms with E-state index in [0.717, 1.165) is 0 Å². The number of anilines is 1. The Morgan fingerprint density at radius 1 is 1.14 bits per heavy atom. The first-order valence-corrected chi connectivity index (χ1v) is 6.21. The smallest absolute Gasteiger partial charge is 0.221 e. The molecule has 0 saturated carbocycles. The minimum atomic E-state index is -0.580. The van der Waals surface area contributed by atoms with Crippen molar-refractivity contribution < 1.29 is 9.13 Å². The third-order valence-electron chi connectivity index (χ3n) is 3.02. The van der Waals surface area contributed by atoms with Crippen molar-refractivity contribution in [3.05, 3.63) is 59.9 Å². The number of nitrogens with two attached hydrogens (primary N) is 1. The molecule has 0 aliphatic heterocycles. The number of nitrogen functional groups attached to an aromatic ring is 1. The molecule has 0 aliphatic carbocycles. The molecule has 1 aromatic heterocycles. The van der Waals surface area contributed by atoms with Gasteiger partial charge in [-0.25, -0.2) is 9.37 Å². The van der Waals surface area contributed by atoms with E-state index in [9.17, 15) is 9.65 Å². The molecule has 0 bridgehead atoms. The molecular weight excluding hydrogens is 269 g/mol. The van der Waals surface area contributed by atoms with Gasteiger partial charge in [0.05, 0.1) is 16.8 Å². The van der Waals surface area contributed by atoms with Gasteiger partial charge in [-0.2, -0.15) is 5.26 Å². The van der Waals surface area contributed by atoms with Crippen molar-refractivity contribution in [2.45, 2.75) is 0 Å². The quantitative estimate of drug-likeness (QED) is 0.727. The van der Waals surface area contributed by atoms with Crippen LogP contribution in [0.3, 0.4) is 0 Å². The Morgan fingerprint density at radius 3 is 2.71 bits per heavy atom. The van der Waals surface area contributed by atoms with Gasteiger partial charge in [-0.05, 0) is 18.2 Å². The van der Waals surface area contributed by atoms with E-state index in [1.165, 1.54) is 24.3 Å². The number of benzene rings is 2. The van der Waals surface area contributed by atoms with Gasteiger partial charge in [-0.15, -0.1) is 0 Å². The van der Waals surface area contributed by atoms with Crippen molar-refractivity contribution in [3.8, 4) is 17.7 Å². The number of para-hydroxylation sites is 2. The highest BCUT2D eigenvalue weighted by molar-refractivity contribution is 5.85. The van der Waals surface area contributed by atoms with Gasteiger partial charge in [0.15, 0.2) is 11.6 Å². The third-order valence-corrected chi connectivity index (χ3v) is 3.02. The van der Waals surface area contributed by atoms with Crippen molar-refractivity contribution in [3.63, 3.8) is 0 Å². The molecule has 0 spiro atoms. The SMILES string of the molecule is N#Cc1cc(Oc2c(N)cccc2F)nc2ccccc12. The van der Waals surface area contributed by atoms with Crippen LogP contribution in [0.5, 0.6) is 11.6 Å². The average Bonchev–Trinajstić information content (AvgIpc) is 2.50. The third kappa shape index (κ3) is 2.35. The Bertz CT molecular complexity index is 851. The number of halogens is 1. The molecule has 3 aromatic rings. The van der Waals surface area contributed by atoms with Crippen molar-refractivity contribution in [2.75, 3.05) is 5.73 Å². The lowest BCUT2D eigenvalue weighted by molar-refractivity contribution is 0.431. The zero-order chi connectivity index (χ0) is 14.8. The number of ether oxygens (including phenoxy) is 1. The minimum Gasteiger partial charge on any atom is -0.434 e. The Hall–Kier alpha value is -3.13. The van der Waals surface area contributed by atoms with Gasteiger partial charge in [-0.1, -0.05) is 24.3 Å². The lowest BCUT2D eigenvalue weighted by Crippen LogP contribution is -1.97. The van der Waals surface area contributed by atoms with Crippen molar-refractivity contribution >= 4 is 16.6 Å². The number of fused-ring (bicyclic) bond motifs is 1. The zero-order valence-corrected chi connectivity index (χ0v) is 10.9. The van der Waals surface area contributed by atoms with Crippen LogP contribution >= 0.6 is 0 Å². The second kappa shape index (κ2) is 5.10. The second-order valence-electron chi connectivity index (χ2n) is 4.40. The fourth-order valence-corrected chi connectivity index (χ4v) is 2.03. The van der Waals surface area contributed by atoms with Crippen LogP contribution in [0.15, 0.2) is 48.5 Å². The highest BCUT2D eigenvalue weighted by Crippen LogP contribution is 2.31. The van der Waals surface area contributed by atoms with E-state index >= 15 is 0 Å². The molecule has 0 aliphatic rings. The molecule has 21 heavy (non-hydrogen) atoms. The maximum absolute atomic E-state index is 13.7. The van der Waals surface area contributed by atoms with Gasteiger partial charge in [0.1, 0.15) is 6.07 Å². The largest absolute Gasteiger partial charge is 0.434 e. The highest BCUT2D eigenvalue weighted by Gasteiger charge is 2.12. The zero-order valence-electron chi connectivity index (χ0n) is 10.9. The van der Waals surface area contributed by atoms with Crippen LogP contribution in [0, 0.1) is 17.1 Å². The summed E-state index contributed by atoms with van der Waals surface area (Å²) in [4.78, 5) is 4.27. The standard InChI is InChI=1S/C16H10FN3O/c17-12-5-3-6-13(19)16(12)21-15-8-10(9-18)11-4-1-2-7-14(11)20-15/h1-8H,19H2. The molecule has 0 fully saturated rings. The van der Waals surface area contributed by atoms with Gasteiger partial charge < -0.3 is 10.5 Å². The molecule has 0 saturated heterocycles. The van der Waals surface area contributed by atoms with Crippen LogP contribution < -0.4 is 10.5 Å². The van der Waals surface area contributed by atoms with E-state index in [0.29, 0.717) is 16.5 Å². The first kappa shape index (κ1) is 12.9. The van der Waals surface area contributed by atoms with E-state index in [1.54, 1.807) is 18.2 Å². The number of aromatic nitrogens is 1. The van der Waals surface area contributed by atoms with Gasteiger partial charge in [0.25, 0.3) is 0 Å². The second-order valence-corrected chi connectivity index (χ2v) is 4.40. The maximum atomic E-state index is 13.7. The molecule has 102 valence electrons. The Morgan fingerprint density at radius 2 is 1.95 bits per heavy atom. The van der Waals surface area contributed by atoms with Crippen molar-refractivity contribution in [1.82, 2.24) is 4.98 Å². The van der Waals surface area contributed by atoms with Gasteiger partial charge in [0.2, 0.25) is 5.88 Å². The normalized spacial score (nSPS) is 10.3. The Labute approximate surface area is 120 Å². The topological polar surface area (TPSA) is 71.9 Å². The monoisotopic (exact) mass is 279 g/mol. The summed E-state index contributed by atoms with van der Waals surface area (Å²) in [5, 5.41) is 9.92. The summed E-state index contributed by atoms with van der Waals surface area (Å²) < 4.78 is 19.2. The number of hydrogen-bond acceptors (Lipinski definition) is 4. The number of hydrogen-bond donors (Lipinski definition) is 1. The molecule has 2 aromatic carbocycles. The fourth-order valence-electron chi connectivity index (χ4n) is 2.03. The van der Waals surface area contributed by atoms with Gasteiger partial charge in [0, 0.05) is 11.5 Å². The summed E-state index contributed by atoms with van der Waals surface area (Å²) in [5.41, 5.74) is 6.87. The van der Waals surface area contributed by atoms with E-state index in [1.807, 2.05) is 6.07 Å². The number of pyridine rings is 1. The van der Waals surface area contributed by atoms with Crippen LogP contribution in [0.25, 0.3) is 10.9 Å². The lowest BCUT2D eigenvalue weighted by atomic mass is 10.1. The molecule has 0 radical (unpaired) electrons. The molecule has 1 heterocycles. The van der Waals surface area contributed by atoms with E-state index < -0.39 is 5.82 Å². The number of nitrogens with zero attached hydrogens (tertiary/aromatic N) is 2. The van der Waals surface area contributed by atoms with E-state index in [2.05, 4.69) is 11.1 Å². The van der Waals surface area contributed by atoms with Crippen molar-refractivity contribution in [2.24, 2.45) is 0 Å². The van der Waals surface area contributed by atoms with Gasteiger partial charge in [-0.3, -0.25) is 0 Å². The van der Waals surface area contributed by atoms with Gasteiger partial charge >= 0.3 is 0 Å². The summed E-state index contributed by atoms with van der Waals surface area (Å²) >= 11 is 0. The Balaban J connectivity index is 2.12. The molecule has 0 atom stereocenters. The molecule has 0 unspecified atom stereocenters. The fraction of sp³-hybridized carbons (Fsp3) is 0. The predicted molar refractivity (Wildman–Crippen MR) is 77.3 cm³/mol. The molecular formula is C16H10FN3O. The molecule has 5 heteroatoms. The molecule has 0 amide bonds. The summed E-state index contributed by atoms with van der Waals surface area (Å²) in [5.74, 6) is -0.547. The van der Waals surface area contributed by atoms with Crippen molar-refractivity contribution in [1.29, 1.82) is 5.26 Å². The molecule has 2 N–H and O–H groups in total. The first-order valence-electron chi connectivity index (χ1n) is 6.21. The number of rotatable bonds is 2. The average molecular weight is 279 g/mol. The Kier molecular flexibility index (Phi) is 3.13. The van der Waals surface area contributed by atoms with Crippen LogP contribution in [0.2, 0.25) is 0 Å². The summed E-state index contributed by atoms with van der Waals surface area (Å²) in [6.45, 7) is 0. The highest BCUT2D eigenvalue weighted by atomic mass is 19.1. The molecule has 4 nitrogen and oxygen atoms in total. The van der Waals surface area contributed by atoms with E-state index in [-0.39, 0.29) is 17.3 Å². The first-order chi connectivity index (χ1) is 10.2. The minimum absolute atomic E-state index is 0.0934.